The van der Waals surface area contributed by atoms with Crippen LogP contribution < -0.4 is 49.1 Å². The molecular formula is C46H61N11O10. The van der Waals surface area contributed by atoms with Crippen molar-refractivity contribution < 1.29 is 48.9 Å². The fourth-order valence-electron chi connectivity index (χ4n) is 6.87. The Morgan fingerprint density at radius 1 is 0.627 bits per heavy atom. The van der Waals surface area contributed by atoms with Gasteiger partial charge in [-0.3, -0.25) is 38.6 Å². The fourth-order valence-corrected chi connectivity index (χ4v) is 6.87. The first kappa shape index (κ1) is 52.1. The second kappa shape index (κ2) is 25.2. The lowest BCUT2D eigenvalue weighted by Crippen LogP contribution is -2.61. The van der Waals surface area contributed by atoms with Crippen LogP contribution in [0.1, 0.15) is 50.3 Å². The van der Waals surface area contributed by atoms with E-state index < -0.39 is 90.3 Å². The second-order valence-corrected chi connectivity index (χ2v) is 16.4. The van der Waals surface area contributed by atoms with Crippen molar-refractivity contribution in [1.29, 1.82) is 0 Å². The third-order valence-corrected chi connectivity index (χ3v) is 10.8. The van der Waals surface area contributed by atoms with Gasteiger partial charge in [-0.25, -0.2) is 0 Å². The minimum atomic E-state index is -1.50. The number of rotatable bonds is 25. The van der Waals surface area contributed by atoms with Crippen molar-refractivity contribution >= 4 is 58.3 Å². The van der Waals surface area contributed by atoms with Crippen LogP contribution >= 0.6 is 0 Å². The minimum Gasteiger partial charge on any atom is -0.508 e. The van der Waals surface area contributed by atoms with E-state index in [1.807, 2.05) is 18.2 Å². The van der Waals surface area contributed by atoms with Gasteiger partial charge in [-0.1, -0.05) is 74.5 Å². The van der Waals surface area contributed by atoms with E-state index in [2.05, 4.69) is 41.9 Å². The molecule has 3 aromatic carbocycles. The van der Waals surface area contributed by atoms with E-state index in [9.17, 15) is 48.9 Å². The highest BCUT2D eigenvalue weighted by molar-refractivity contribution is 5.97. The predicted octanol–water partition coefficient (Wildman–Crippen LogP) is -1.06. The van der Waals surface area contributed by atoms with Crippen molar-refractivity contribution in [2.45, 2.75) is 95.2 Å². The van der Waals surface area contributed by atoms with Crippen molar-refractivity contribution in [1.82, 2.24) is 36.9 Å². The summed E-state index contributed by atoms with van der Waals surface area (Å²) in [6.07, 6.45) is 1.41. The number of aromatic hydroxyl groups is 1. The molecule has 0 aliphatic carbocycles. The number of benzene rings is 3. The van der Waals surface area contributed by atoms with Gasteiger partial charge in [-0.05, 0) is 60.6 Å². The van der Waals surface area contributed by atoms with Gasteiger partial charge < -0.3 is 69.4 Å². The van der Waals surface area contributed by atoms with Gasteiger partial charge in [0.2, 0.25) is 35.4 Å². The standard InChI is InChI=1S/C46H61N11O10/c1-25(2)38(47)44(65)57-37(24-58)43(64)53-33(14-9-19-50-46(48)49)39(60)54-35(20-27-10-5-4-6-11-27)41(62)56-36(22-29-23-51-32-13-8-7-12-31(29)32)42(63)55-34(40(61)52-26(3)45(66)67)21-28-15-17-30(59)18-16-28/h4-8,10-13,15-18,23,25-26,33-38,51,58-59H,9,14,19-22,24,47H2,1-3H3,(H,52,61)(H,53,64)(H,54,60)(H,55,63)(H,56,62)(H,57,65)(H,66,67)(H4,48,49,50)/t26-,33-,34-,35-,36-,37-,38-/m0/s1. The molecule has 0 saturated carbocycles. The molecule has 360 valence electrons. The van der Waals surface area contributed by atoms with E-state index in [0.717, 1.165) is 10.9 Å². The van der Waals surface area contributed by atoms with E-state index in [0.29, 0.717) is 16.7 Å². The van der Waals surface area contributed by atoms with E-state index in [1.54, 1.807) is 56.4 Å². The molecule has 0 aliphatic rings. The maximum absolute atomic E-state index is 14.6. The third-order valence-electron chi connectivity index (χ3n) is 10.8. The smallest absolute Gasteiger partial charge is 0.325 e. The summed E-state index contributed by atoms with van der Waals surface area (Å²) in [7, 11) is 0. The second-order valence-electron chi connectivity index (χ2n) is 16.4. The molecule has 4 rings (SSSR count). The highest BCUT2D eigenvalue weighted by Crippen LogP contribution is 2.20. The SMILES string of the molecule is CC(C)[C@H](N)C(=O)N[C@@H](CO)C(=O)N[C@@H](CCCN=C(N)N)C(=O)N[C@@H](Cc1ccccc1)C(=O)N[C@@H](Cc1c[nH]c2ccccc12)C(=O)N[C@@H](Cc1ccc(O)cc1)C(=O)N[C@@H](C)C(=O)O. The maximum atomic E-state index is 14.6. The van der Waals surface area contributed by atoms with Gasteiger partial charge in [0, 0.05) is 42.9 Å². The first-order chi connectivity index (χ1) is 31.9. The Labute approximate surface area is 387 Å². The first-order valence-electron chi connectivity index (χ1n) is 21.7. The molecule has 21 nitrogen and oxygen atoms in total. The number of carbonyl (C=O) groups excluding carboxylic acids is 6. The monoisotopic (exact) mass is 927 g/mol. The summed E-state index contributed by atoms with van der Waals surface area (Å²) < 4.78 is 0. The Bertz CT molecular complexity index is 2350. The summed E-state index contributed by atoms with van der Waals surface area (Å²) in [5.41, 5.74) is 19.4. The average molecular weight is 928 g/mol. The van der Waals surface area contributed by atoms with E-state index in [4.69, 9.17) is 17.2 Å². The Morgan fingerprint density at radius 3 is 1.69 bits per heavy atom. The fraction of sp³-hybridized carbons (Fsp3) is 0.391. The van der Waals surface area contributed by atoms with E-state index in [-0.39, 0.29) is 56.3 Å². The number of aliphatic carboxylic acids is 1. The molecule has 0 unspecified atom stereocenters. The molecular weight excluding hydrogens is 867 g/mol. The molecule has 1 aromatic heterocycles. The van der Waals surface area contributed by atoms with Crippen LogP contribution in [0.4, 0.5) is 0 Å². The number of amides is 6. The number of nitrogens with two attached hydrogens (primary N) is 3. The summed E-state index contributed by atoms with van der Waals surface area (Å²) >= 11 is 0. The topological polar surface area (TPSA) is 359 Å². The molecule has 67 heavy (non-hydrogen) atoms. The number of H-pyrrole nitrogens is 1. The number of aliphatic imine (C=N–C) groups is 1. The molecule has 6 amide bonds. The molecule has 4 aromatic rings. The Kier molecular flexibility index (Phi) is 19.6. The number of carboxylic acid groups (broad SMARTS) is 1. The van der Waals surface area contributed by atoms with Crippen LogP contribution in [0.15, 0.2) is 90.1 Å². The first-order valence-corrected chi connectivity index (χ1v) is 21.7. The van der Waals surface area contributed by atoms with Crippen molar-refractivity contribution in [2.24, 2.45) is 28.1 Å². The van der Waals surface area contributed by atoms with Gasteiger partial charge in [-0.15, -0.1) is 0 Å². The van der Waals surface area contributed by atoms with E-state index in [1.165, 1.54) is 31.2 Å². The number of phenolic OH excluding ortho intramolecular Hbond substituents is 1. The van der Waals surface area contributed by atoms with Crippen molar-refractivity contribution in [3.63, 3.8) is 0 Å². The van der Waals surface area contributed by atoms with Crippen LogP contribution in [0.2, 0.25) is 0 Å². The molecule has 0 radical (unpaired) electrons. The van der Waals surface area contributed by atoms with Crippen LogP contribution in [0, 0.1) is 5.92 Å². The lowest BCUT2D eigenvalue weighted by atomic mass is 10.00. The van der Waals surface area contributed by atoms with Gasteiger partial charge in [-0.2, -0.15) is 0 Å². The maximum Gasteiger partial charge on any atom is 0.325 e. The number of guanidine groups is 1. The molecule has 1 heterocycles. The van der Waals surface area contributed by atoms with Crippen molar-refractivity contribution in [2.75, 3.05) is 13.2 Å². The number of carboxylic acids is 1. The summed E-state index contributed by atoms with van der Waals surface area (Å²) in [6.45, 7) is 3.89. The molecule has 0 fully saturated rings. The van der Waals surface area contributed by atoms with Crippen LogP contribution in [-0.2, 0) is 52.8 Å². The zero-order valence-corrected chi connectivity index (χ0v) is 37.5. The lowest BCUT2D eigenvalue weighted by Gasteiger charge is -2.27. The molecule has 0 bridgehead atoms. The van der Waals surface area contributed by atoms with Crippen molar-refractivity contribution in [3.8, 4) is 5.75 Å². The predicted molar refractivity (Wildman–Crippen MR) is 249 cm³/mol. The quantitative estimate of drug-likeness (QED) is 0.0215. The number of nitrogens with one attached hydrogen (secondary N) is 7. The summed E-state index contributed by atoms with van der Waals surface area (Å²) in [4.78, 5) is 102. The highest BCUT2D eigenvalue weighted by atomic mass is 16.4. The van der Waals surface area contributed by atoms with Crippen LogP contribution in [0.25, 0.3) is 10.9 Å². The number of hydrogen-bond donors (Lipinski definition) is 13. The van der Waals surface area contributed by atoms with Crippen LogP contribution in [-0.4, -0.2) is 123 Å². The average Bonchev–Trinajstić information content (AvgIpc) is 3.71. The van der Waals surface area contributed by atoms with Gasteiger partial charge in [0.15, 0.2) is 5.96 Å². The Balaban J connectivity index is 1.69. The highest BCUT2D eigenvalue weighted by Gasteiger charge is 2.34. The number of carbonyl (C=O) groups is 7. The summed E-state index contributed by atoms with van der Waals surface area (Å²) in [5.74, 6) is -6.82. The number of nitrogens with zero attached hydrogens (tertiary/aromatic N) is 1. The Hall–Kier alpha value is -7.52. The number of fused-ring (bicyclic) bond motifs is 1. The zero-order valence-electron chi connectivity index (χ0n) is 37.5. The number of aliphatic hydroxyl groups is 1. The normalized spacial score (nSPS) is 14.2. The molecule has 0 spiro atoms. The number of aromatic nitrogens is 1. The van der Waals surface area contributed by atoms with Gasteiger partial charge in [0.25, 0.3) is 0 Å². The largest absolute Gasteiger partial charge is 0.508 e. The number of aliphatic hydroxyl groups excluding tert-OH is 1. The molecule has 0 aliphatic heterocycles. The third kappa shape index (κ3) is 16.1. The molecule has 7 atom stereocenters. The lowest BCUT2D eigenvalue weighted by molar-refractivity contribution is -0.141. The van der Waals surface area contributed by atoms with Gasteiger partial charge >= 0.3 is 5.97 Å². The zero-order chi connectivity index (χ0) is 49.2. The van der Waals surface area contributed by atoms with Gasteiger partial charge in [0.05, 0.1) is 12.6 Å². The number of para-hydroxylation sites is 1. The molecule has 0 saturated heterocycles. The summed E-state index contributed by atoms with van der Waals surface area (Å²) in [6, 6.07) is 12.4. The number of hydrogen-bond acceptors (Lipinski definition) is 11. The van der Waals surface area contributed by atoms with Crippen LogP contribution in [0.3, 0.4) is 0 Å². The Morgan fingerprint density at radius 2 is 1.12 bits per heavy atom. The van der Waals surface area contributed by atoms with E-state index >= 15 is 0 Å². The van der Waals surface area contributed by atoms with Gasteiger partial charge in [0.1, 0.15) is 42.0 Å². The molecule has 21 heteroatoms. The number of phenols is 1. The van der Waals surface area contributed by atoms with Crippen molar-refractivity contribution in [3.05, 3.63) is 102 Å². The number of aromatic amines is 1. The minimum absolute atomic E-state index is 0.0447. The molecule has 16 N–H and O–H groups in total. The van der Waals surface area contributed by atoms with Crippen LogP contribution in [0.5, 0.6) is 5.75 Å². The summed E-state index contributed by atoms with van der Waals surface area (Å²) in [5, 5.41) is 45.7.